The Morgan fingerprint density at radius 3 is 2.26 bits per heavy atom. The van der Waals surface area contributed by atoms with Crippen molar-refractivity contribution in [3.05, 3.63) is 94.5 Å². The second-order valence-electron chi connectivity index (χ2n) is 6.51. The molecule has 0 unspecified atom stereocenters. The molecule has 0 radical (unpaired) electrons. The first-order valence-corrected chi connectivity index (χ1v) is 10.2. The molecule has 0 aliphatic heterocycles. The number of hydrogen-bond acceptors (Lipinski definition) is 4. The Morgan fingerprint density at radius 2 is 1.65 bits per heavy atom. The molecule has 3 aromatic rings. The topological polar surface area (TPSA) is 62.3 Å². The van der Waals surface area contributed by atoms with Crippen LogP contribution in [0.15, 0.2) is 66.1 Å². The largest absolute Gasteiger partial charge is 0.347 e. The number of thiazole rings is 1. The van der Waals surface area contributed by atoms with Crippen LogP contribution in [0.1, 0.15) is 16.8 Å². The molecule has 8 heteroatoms. The van der Waals surface area contributed by atoms with Gasteiger partial charge in [-0.1, -0.05) is 24.3 Å². The zero-order valence-corrected chi connectivity index (χ0v) is 17.4. The van der Waals surface area contributed by atoms with Crippen molar-refractivity contribution in [1.29, 1.82) is 0 Å². The highest BCUT2D eigenvalue weighted by Gasteiger charge is 2.12. The van der Waals surface area contributed by atoms with Gasteiger partial charge in [0, 0.05) is 24.6 Å². The summed E-state index contributed by atoms with van der Waals surface area (Å²) in [6, 6.07) is 11.8. The predicted molar refractivity (Wildman–Crippen MR) is 118 cm³/mol. The predicted octanol–water partition coefficient (Wildman–Crippen LogP) is 4.43. The van der Waals surface area contributed by atoms with Crippen molar-refractivity contribution in [3.63, 3.8) is 0 Å². The second kappa shape index (κ2) is 10.4. The van der Waals surface area contributed by atoms with Gasteiger partial charge in [-0.2, -0.15) is 0 Å². The van der Waals surface area contributed by atoms with Gasteiger partial charge in [0.2, 0.25) is 5.91 Å². The minimum absolute atomic E-state index is 0.185. The van der Waals surface area contributed by atoms with Gasteiger partial charge in [-0.25, -0.2) is 13.8 Å². The average molecular weight is 439 g/mol. The highest BCUT2D eigenvalue weighted by molar-refractivity contribution is 7.14. The number of carbonyl (C=O) groups is 2. The molecule has 31 heavy (non-hydrogen) atoms. The molecule has 0 saturated carbocycles. The van der Waals surface area contributed by atoms with Crippen molar-refractivity contribution in [1.82, 2.24) is 10.3 Å². The van der Waals surface area contributed by atoms with Crippen molar-refractivity contribution in [2.75, 3.05) is 11.9 Å². The van der Waals surface area contributed by atoms with E-state index in [1.165, 1.54) is 64.8 Å². The third-order valence-electron chi connectivity index (χ3n) is 4.14. The van der Waals surface area contributed by atoms with Crippen LogP contribution in [-0.4, -0.2) is 23.8 Å². The standard InChI is InChI=1S/C23H19F2N3O2S/c1-28(22(30)11-9-17-5-3-7-19(25)13-17)23-27-20(15-31-23)14-26-21(29)10-8-16-4-2-6-18(24)12-16/h2-13,15H,14H2,1H3,(H,26,29)/b10-8+,11-9+. The van der Waals surface area contributed by atoms with Gasteiger partial charge in [0.25, 0.3) is 5.91 Å². The number of aromatic nitrogens is 1. The molecule has 0 fully saturated rings. The Hall–Kier alpha value is -3.65. The van der Waals surface area contributed by atoms with E-state index in [1.807, 2.05) is 0 Å². The summed E-state index contributed by atoms with van der Waals surface area (Å²) in [6.45, 7) is 0.185. The quantitative estimate of drug-likeness (QED) is 0.554. The third kappa shape index (κ3) is 6.68. The highest BCUT2D eigenvalue weighted by atomic mass is 32.1. The third-order valence-corrected chi connectivity index (χ3v) is 5.11. The molecular formula is C23H19F2N3O2S. The fourth-order valence-corrected chi connectivity index (χ4v) is 3.33. The van der Waals surface area contributed by atoms with Crippen LogP contribution in [-0.2, 0) is 16.1 Å². The minimum atomic E-state index is -0.375. The number of amides is 2. The fraction of sp³-hybridized carbons (Fsp3) is 0.0870. The first-order valence-electron chi connectivity index (χ1n) is 9.28. The van der Waals surface area contributed by atoms with E-state index < -0.39 is 0 Å². The Morgan fingerprint density at radius 1 is 1.03 bits per heavy atom. The SMILES string of the molecule is CN(C(=O)/C=C/c1cccc(F)c1)c1nc(CNC(=O)/C=C/c2cccc(F)c2)cs1. The maximum Gasteiger partial charge on any atom is 0.252 e. The molecule has 0 aliphatic rings. The zero-order valence-electron chi connectivity index (χ0n) is 16.6. The van der Waals surface area contributed by atoms with Gasteiger partial charge in [0.1, 0.15) is 11.6 Å². The average Bonchev–Trinajstić information content (AvgIpc) is 3.23. The number of halogens is 2. The molecular weight excluding hydrogens is 420 g/mol. The first-order chi connectivity index (χ1) is 14.9. The van der Waals surface area contributed by atoms with Crippen molar-refractivity contribution in [2.24, 2.45) is 0 Å². The molecule has 0 saturated heterocycles. The van der Waals surface area contributed by atoms with E-state index in [1.54, 1.807) is 36.7 Å². The Balaban J connectivity index is 1.53. The molecule has 0 spiro atoms. The Kier molecular flexibility index (Phi) is 7.40. The number of hydrogen-bond donors (Lipinski definition) is 1. The van der Waals surface area contributed by atoms with Crippen LogP contribution in [0.2, 0.25) is 0 Å². The lowest BCUT2D eigenvalue weighted by atomic mass is 10.2. The van der Waals surface area contributed by atoms with Crippen LogP contribution in [0.5, 0.6) is 0 Å². The number of nitrogens with one attached hydrogen (secondary N) is 1. The molecule has 2 amide bonds. The van der Waals surface area contributed by atoms with Crippen LogP contribution in [0.3, 0.4) is 0 Å². The van der Waals surface area contributed by atoms with E-state index in [2.05, 4.69) is 10.3 Å². The lowest BCUT2D eigenvalue weighted by molar-refractivity contribution is -0.116. The van der Waals surface area contributed by atoms with Crippen LogP contribution in [0, 0.1) is 11.6 Å². The Bertz CT molecular complexity index is 1140. The van der Waals surface area contributed by atoms with Crippen LogP contribution in [0.4, 0.5) is 13.9 Å². The summed E-state index contributed by atoms with van der Waals surface area (Å²) in [5.41, 5.74) is 1.76. The molecule has 0 bridgehead atoms. The van der Waals surface area contributed by atoms with Crippen LogP contribution >= 0.6 is 11.3 Å². The number of carbonyl (C=O) groups excluding carboxylic acids is 2. The highest BCUT2D eigenvalue weighted by Crippen LogP contribution is 2.20. The molecule has 3 rings (SSSR count). The maximum absolute atomic E-state index is 13.2. The van der Waals surface area contributed by atoms with Gasteiger partial charge in [-0.3, -0.25) is 14.5 Å². The summed E-state index contributed by atoms with van der Waals surface area (Å²) in [5, 5.41) is 4.90. The summed E-state index contributed by atoms with van der Waals surface area (Å²) < 4.78 is 26.4. The summed E-state index contributed by atoms with van der Waals surface area (Å²) in [4.78, 5) is 30.0. The van der Waals surface area contributed by atoms with E-state index in [0.717, 1.165) is 0 Å². The molecule has 0 aliphatic carbocycles. The van der Waals surface area contributed by atoms with Crippen LogP contribution < -0.4 is 10.2 Å². The lowest BCUT2D eigenvalue weighted by Gasteiger charge is -2.10. The smallest absolute Gasteiger partial charge is 0.252 e. The van der Waals surface area contributed by atoms with E-state index >= 15 is 0 Å². The molecule has 1 heterocycles. The summed E-state index contributed by atoms with van der Waals surface area (Å²) in [6.07, 6.45) is 5.70. The van der Waals surface area contributed by atoms with Crippen molar-refractivity contribution >= 4 is 40.4 Å². The van der Waals surface area contributed by atoms with Gasteiger partial charge >= 0.3 is 0 Å². The van der Waals surface area contributed by atoms with Crippen molar-refractivity contribution < 1.29 is 18.4 Å². The number of benzene rings is 2. The van der Waals surface area contributed by atoms with Gasteiger partial charge in [0.15, 0.2) is 5.13 Å². The van der Waals surface area contributed by atoms with E-state index in [9.17, 15) is 18.4 Å². The van der Waals surface area contributed by atoms with Crippen molar-refractivity contribution in [2.45, 2.75) is 6.54 Å². The van der Waals surface area contributed by atoms with Gasteiger partial charge in [-0.15, -0.1) is 11.3 Å². The summed E-state index contributed by atoms with van der Waals surface area (Å²) in [5.74, 6) is -1.41. The number of rotatable bonds is 7. The lowest BCUT2D eigenvalue weighted by Crippen LogP contribution is -2.24. The van der Waals surface area contributed by atoms with Crippen LogP contribution in [0.25, 0.3) is 12.2 Å². The van der Waals surface area contributed by atoms with Crippen molar-refractivity contribution in [3.8, 4) is 0 Å². The molecule has 1 N–H and O–H groups in total. The molecule has 158 valence electrons. The Labute approximate surface area is 182 Å². The minimum Gasteiger partial charge on any atom is -0.347 e. The van der Waals surface area contributed by atoms with Gasteiger partial charge in [-0.05, 0) is 47.5 Å². The molecule has 0 atom stereocenters. The summed E-state index contributed by atoms with van der Waals surface area (Å²) in [7, 11) is 1.58. The van der Waals surface area contributed by atoms with E-state index in [-0.39, 0.29) is 30.0 Å². The molecule has 5 nitrogen and oxygen atoms in total. The zero-order chi connectivity index (χ0) is 22.2. The monoisotopic (exact) mass is 439 g/mol. The number of likely N-dealkylation sites (N-methyl/N-ethyl adjacent to an activating group) is 1. The maximum atomic E-state index is 13.2. The molecule has 2 aromatic carbocycles. The summed E-state index contributed by atoms with van der Waals surface area (Å²) >= 11 is 1.26. The number of anilines is 1. The second-order valence-corrected chi connectivity index (χ2v) is 7.35. The van der Waals surface area contributed by atoms with Gasteiger partial charge < -0.3 is 5.32 Å². The van der Waals surface area contributed by atoms with Gasteiger partial charge in [0.05, 0.1) is 12.2 Å². The van der Waals surface area contributed by atoms with E-state index in [0.29, 0.717) is 22.0 Å². The van der Waals surface area contributed by atoms with E-state index in [4.69, 9.17) is 0 Å². The fourth-order valence-electron chi connectivity index (χ4n) is 2.53. The molecule has 1 aromatic heterocycles. The normalized spacial score (nSPS) is 11.2. The number of nitrogens with zero attached hydrogens (tertiary/aromatic N) is 2. The first kappa shape index (κ1) is 22.0.